The summed E-state index contributed by atoms with van der Waals surface area (Å²) in [5.74, 6) is 0.952. The summed E-state index contributed by atoms with van der Waals surface area (Å²) in [6, 6.07) is 8.76. The molecular formula is C25H32N5NaO2. The van der Waals surface area contributed by atoms with Crippen molar-refractivity contribution in [1.82, 2.24) is 19.4 Å². The van der Waals surface area contributed by atoms with Crippen molar-refractivity contribution in [3.8, 4) is 0 Å². The molecule has 3 aromatic rings. The van der Waals surface area contributed by atoms with E-state index in [-0.39, 0.29) is 36.5 Å². The number of fused-ring (bicyclic) bond motifs is 1. The van der Waals surface area contributed by atoms with Gasteiger partial charge in [-0.1, -0.05) is 18.2 Å². The Hall–Kier alpha value is -1.93. The molecule has 1 unspecified atom stereocenters. The number of rotatable bonds is 5. The van der Waals surface area contributed by atoms with Gasteiger partial charge in [0.1, 0.15) is 0 Å². The molecule has 0 radical (unpaired) electrons. The summed E-state index contributed by atoms with van der Waals surface area (Å²) in [6.07, 6.45) is 9.92. The van der Waals surface area contributed by atoms with Gasteiger partial charge in [-0.25, -0.2) is 14.8 Å². The maximum atomic E-state index is 11.0. The number of piperidine rings is 2. The van der Waals surface area contributed by atoms with Crippen LogP contribution in [0.2, 0.25) is 0 Å². The Labute approximate surface area is 218 Å². The zero-order valence-corrected chi connectivity index (χ0v) is 21.7. The number of aryl methyl sites for hydroxylation is 1. The second-order valence-electron chi connectivity index (χ2n) is 9.32. The Balaban J connectivity index is 0.00000162. The first-order chi connectivity index (χ1) is 15.6. The van der Waals surface area contributed by atoms with Crippen molar-refractivity contribution in [1.29, 1.82) is 0 Å². The monoisotopic (exact) mass is 457 g/mol. The SMILES string of the molecule is Cn1cc(C2CCCN(CC3CCN(c4ncc(C(=O)O)cn4)CC3)C2)c2ccccc21.[H-].[Na+]. The van der Waals surface area contributed by atoms with E-state index in [9.17, 15) is 4.79 Å². The third-order valence-electron chi connectivity index (χ3n) is 7.17. The fourth-order valence-electron chi connectivity index (χ4n) is 5.45. The van der Waals surface area contributed by atoms with Crippen LogP contribution < -0.4 is 34.5 Å². The minimum Gasteiger partial charge on any atom is -1.00 e. The third-order valence-corrected chi connectivity index (χ3v) is 7.17. The number of nitrogens with zero attached hydrogens (tertiary/aromatic N) is 5. The molecule has 33 heavy (non-hydrogen) atoms. The fourth-order valence-corrected chi connectivity index (χ4v) is 5.45. The molecule has 2 fully saturated rings. The van der Waals surface area contributed by atoms with Crippen LogP contribution in [-0.4, -0.2) is 63.2 Å². The molecule has 170 valence electrons. The number of benzene rings is 1. The van der Waals surface area contributed by atoms with Gasteiger partial charge in [-0.3, -0.25) is 0 Å². The van der Waals surface area contributed by atoms with Gasteiger partial charge in [0.25, 0.3) is 0 Å². The molecule has 0 aliphatic carbocycles. The van der Waals surface area contributed by atoms with Gasteiger partial charge in [0.05, 0.1) is 5.56 Å². The first kappa shape index (κ1) is 24.2. The van der Waals surface area contributed by atoms with Crippen LogP contribution in [0.4, 0.5) is 5.95 Å². The molecule has 1 aromatic carbocycles. The summed E-state index contributed by atoms with van der Waals surface area (Å²) in [4.78, 5) is 24.4. The summed E-state index contributed by atoms with van der Waals surface area (Å²) < 4.78 is 2.27. The van der Waals surface area contributed by atoms with E-state index in [1.165, 1.54) is 48.2 Å². The molecule has 0 bridgehead atoms. The summed E-state index contributed by atoms with van der Waals surface area (Å²) in [5, 5.41) is 10.4. The molecule has 5 rings (SSSR count). The molecule has 1 N–H and O–H groups in total. The van der Waals surface area contributed by atoms with Crippen LogP contribution in [0, 0.1) is 5.92 Å². The van der Waals surface area contributed by atoms with Crippen LogP contribution in [0.1, 0.15) is 48.9 Å². The van der Waals surface area contributed by atoms with Gasteiger partial charge in [-0.15, -0.1) is 0 Å². The Bertz CT molecular complexity index is 1100. The van der Waals surface area contributed by atoms with Crippen molar-refractivity contribution in [3.05, 3.63) is 54.0 Å². The fraction of sp³-hybridized carbons (Fsp3) is 0.480. The molecule has 2 aromatic heterocycles. The van der Waals surface area contributed by atoms with Crippen LogP contribution in [0.15, 0.2) is 42.9 Å². The van der Waals surface area contributed by atoms with Crippen molar-refractivity contribution in [2.45, 2.75) is 31.6 Å². The maximum Gasteiger partial charge on any atom is 1.00 e. The third kappa shape index (κ3) is 5.27. The van der Waals surface area contributed by atoms with E-state index in [0.717, 1.165) is 39.0 Å². The van der Waals surface area contributed by atoms with E-state index < -0.39 is 5.97 Å². The Kier molecular flexibility index (Phi) is 7.74. The van der Waals surface area contributed by atoms with Crippen LogP contribution in [0.25, 0.3) is 10.9 Å². The van der Waals surface area contributed by atoms with Crippen LogP contribution >= 0.6 is 0 Å². The van der Waals surface area contributed by atoms with E-state index >= 15 is 0 Å². The molecular weight excluding hydrogens is 425 g/mol. The van der Waals surface area contributed by atoms with Gasteiger partial charge in [-0.2, -0.15) is 0 Å². The minimum absolute atomic E-state index is 0. The molecule has 4 heterocycles. The van der Waals surface area contributed by atoms with Crippen LogP contribution in [-0.2, 0) is 7.05 Å². The van der Waals surface area contributed by atoms with Gasteiger partial charge < -0.3 is 20.9 Å². The molecule has 7 nitrogen and oxygen atoms in total. The van der Waals surface area contributed by atoms with Crippen molar-refractivity contribution in [2.75, 3.05) is 37.6 Å². The predicted octanol–water partition coefficient (Wildman–Crippen LogP) is 0.879. The number of hydrogen-bond acceptors (Lipinski definition) is 5. The van der Waals surface area contributed by atoms with Gasteiger partial charge >= 0.3 is 35.5 Å². The van der Waals surface area contributed by atoms with Crippen molar-refractivity contribution in [2.24, 2.45) is 13.0 Å². The quantitative estimate of drug-likeness (QED) is 0.574. The largest absolute Gasteiger partial charge is 1.00 e. The van der Waals surface area contributed by atoms with Crippen molar-refractivity contribution < 1.29 is 40.9 Å². The number of aromatic carboxylic acids is 1. The second kappa shape index (κ2) is 10.6. The predicted molar refractivity (Wildman–Crippen MR) is 126 cm³/mol. The number of aromatic nitrogens is 3. The van der Waals surface area contributed by atoms with Crippen molar-refractivity contribution in [3.63, 3.8) is 0 Å². The van der Waals surface area contributed by atoms with E-state index in [2.05, 4.69) is 61.8 Å². The Morgan fingerprint density at radius 2 is 1.85 bits per heavy atom. The zero-order chi connectivity index (χ0) is 22.1. The molecule has 2 aliphatic heterocycles. The van der Waals surface area contributed by atoms with Gasteiger partial charge in [-0.05, 0) is 55.7 Å². The number of carboxylic acid groups (broad SMARTS) is 1. The molecule has 1 atom stereocenters. The number of para-hydroxylation sites is 1. The first-order valence-corrected chi connectivity index (χ1v) is 11.6. The van der Waals surface area contributed by atoms with Crippen LogP contribution in [0.3, 0.4) is 0 Å². The zero-order valence-electron chi connectivity index (χ0n) is 20.7. The molecule has 2 aliphatic rings. The molecule has 0 saturated carbocycles. The number of hydrogen-bond donors (Lipinski definition) is 1. The van der Waals surface area contributed by atoms with Gasteiger partial charge in [0.2, 0.25) is 5.95 Å². The second-order valence-corrected chi connectivity index (χ2v) is 9.32. The van der Waals surface area contributed by atoms with E-state index in [1.54, 1.807) is 0 Å². The summed E-state index contributed by atoms with van der Waals surface area (Å²) in [7, 11) is 2.15. The van der Waals surface area contributed by atoms with E-state index in [1.807, 2.05) is 0 Å². The average Bonchev–Trinajstić information content (AvgIpc) is 3.17. The van der Waals surface area contributed by atoms with Gasteiger partial charge in [0.15, 0.2) is 0 Å². The van der Waals surface area contributed by atoms with E-state index in [4.69, 9.17) is 5.11 Å². The normalized spacial score (nSPS) is 20.0. The molecule has 8 heteroatoms. The smallest absolute Gasteiger partial charge is 1.00 e. The van der Waals surface area contributed by atoms with Gasteiger partial charge in [0, 0.05) is 62.7 Å². The standard InChI is InChI=1S/C25H31N5O2.Na.H/c1-28-17-22(21-6-2-3-7-23(21)28)19-5-4-10-29(16-19)15-18-8-11-30(12-9-18)25-26-13-20(14-27-25)24(31)32;;/h2-3,6-7,13-14,17-19H,4-5,8-12,15-16H2,1H3,(H,31,32);;/q;+1;-1. The van der Waals surface area contributed by atoms with Crippen LogP contribution in [0.5, 0.6) is 0 Å². The summed E-state index contributed by atoms with van der Waals surface area (Å²) in [6.45, 7) is 5.36. The maximum absolute atomic E-state index is 11.0. The molecule has 0 spiro atoms. The molecule has 0 amide bonds. The number of anilines is 1. The first-order valence-electron chi connectivity index (χ1n) is 11.6. The molecule has 2 saturated heterocycles. The minimum atomic E-state index is -0.987. The Morgan fingerprint density at radius 1 is 1.12 bits per heavy atom. The number of carboxylic acids is 1. The summed E-state index contributed by atoms with van der Waals surface area (Å²) in [5.41, 5.74) is 2.96. The Morgan fingerprint density at radius 3 is 2.58 bits per heavy atom. The topological polar surface area (TPSA) is 74.5 Å². The number of carbonyl (C=O) groups is 1. The summed E-state index contributed by atoms with van der Waals surface area (Å²) >= 11 is 0. The van der Waals surface area contributed by atoms with Crippen molar-refractivity contribution >= 4 is 22.8 Å². The number of likely N-dealkylation sites (tertiary alicyclic amines) is 1. The van der Waals surface area contributed by atoms with E-state index in [0.29, 0.717) is 17.8 Å². The average molecular weight is 458 g/mol.